The largest absolute Gasteiger partial charge is 0.366 e. The van der Waals surface area contributed by atoms with E-state index >= 15 is 0 Å². The zero-order valence-corrected chi connectivity index (χ0v) is 14.0. The number of carbonyl (C=O) groups is 1. The Hall–Kier alpha value is -5.00. The summed E-state index contributed by atoms with van der Waals surface area (Å²) in [4.78, 5) is 48.9. The predicted octanol–water partition coefficient (Wildman–Crippen LogP) is 1.98. The highest BCUT2D eigenvalue weighted by atomic mass is 16.6. The van der Waals surface area contributed by atoms with Gasteiger partial charge in [-0.3, -0.25) is 45.3 Å². The number of rotatable bonds is 5. The van der Waals surface area contributed by atoms with Crippen molar-refractivity contribution in [3.05, 3.63) is 88.0 Å². The lowest BCUT2D eigenvalue weighted by atomic mass is 10.1. The molecule has 0 saturated heterocycles. The number of nitrogens with two attached hydrogens (primary N) is 1. The molecule has 0 aliphatic carbocycles. The number of carbonyl (C=O) groups excluding carboxylic acids is 1. The number of hydrogen-bond donors (Lipinski definition) is 1. The molecule has 2 aromatic rings. The average Bonchev–Trinajstić information content (AvgIpc) is 2.67. The lowest BCUT2D eigenvalue weighted by molar-refractivity contribution is -0.394. The summed E-state index contributed by atoms with van der Waals surface area (Å²) < 4.78 is 0. The van der Waals surface area contributed by atoms with Crippen LogP contribution in [0.15, 0.2) is 36.4 Å². The van der Waals surface area contributed by atoms with Crippen LogP contribution in [-0.2, 0) is 0 Å². The number of nitro benzene ring substituents is 4. The Kier molecular flexibility index (Phi) is 6.91. The Morgan fingerprint density at radius 2 is 1.03 bits per heavy atom. The van der Waals surface area contributed by atoms with Crippen LogP contribution in [0.1, 0.15) is 15.9 Å². The number of primary amides is 1. The number of nitriles is 1. The molecule has 29 heavy (non-hydrogen) atoms. The third kappa shape index (κ3) is 6.03. The standard InChI is InChI=1S/C7H5N3O5.C7H3N3O4/c8-7(11)4-1-5(9(12)13)3-6(2-4)10(14)15;8-4-5-1-6(9(11)12)3-7(2-5)10(13)14/h1-3H,(H2,8,11);1-3H. The first kappa shape index (κ1) is 22.0. The SMILES string of the molecule is N#Cc1cc([N+](=O)[O-])cc([N+](=O)[O-])c1.NC(=O)c1cc([N+](=O)[O-])cc([N+](=O)[O-])c1. The second-order valence-electron chi connectivity index (χ2n) is 4.98. The Labute approximate surface area is 159 Å². The van der Waals surface area contributed by atoms with Crippen LogP contribution < -0.4 is 5.73 Å². The Balaban J connectivity index is 0.000000291. The molecule has 2 rings (SSSR count). The summed E-state index contributed by atoms with van der Waals surface area (Å²) >= 11 is 0. The van der Waals surface area contributed by atoms with Crippen LogP contribution in [0.3, 0.4) is 0 Å². The van der Waals surface area contributed by atoms with Gasteiger partial charge in [-0.05, 0) is 0 Å². The Morgan fingerprint density at radius 3 is 1.28 bits per heavy atom. The van der Waals surface area contributed by atoms with Crippen LogP contribution in [0.25, 0.3) is 0 Å². The van der Waals surface area contributed by atoms with Crippen molar-refractivity contribution in [1.82, 2.24) is 0 Å². The minimum atomic E-state index is -0.957. The highest BCUT2D eigenvalue weighted by Crippen LogP contribution is 2.23. The van der Waals surface area contributed by atoms with Crippen molar-refractivity contribution >= 4 is 28.7 Å². The first-order valence-electron chi connectivity index (χ1n) is 7.04. The minimum absolute atomic E-state index is 0.106. The summed E-state index contributed by atoms with van der Waals surface area (Å²) in [5, 5.41) is 49.9. The maximum atomic E-state index is 10.7. The first-order chi connectivity index (χ1) is 13.5. The van der Waals surface area contributed by atoms with Crippen molar-refractivity contribution in [2.45, 2.75) is 0 Å². The molecule has 0 heterocycles. The van der Waals surface area contributed by atoms with Gasteiger partial charge in [-0.15, -0.1) is 0 Å². The fraction of sp³-hybridized carbons (Fsp3) is 0. The first-order valence-corrected chi connectivity index (χ1v) is 7.04. The van der Waals surface area contributed by atoms with Crippen LogP contribution in [-0.4, -0.2) is 25.6 Å². The predicted molar refractivity (Wildman–Crippen MR) is 92.7 cm³/mol. The van der Waals surface area contributed by atoms with Gasteiger partial charge in [0.05, 0.1) is 49.0 Å². The molecule has 0 aromatic heterocycles. The van der Waals surface area contributed by atoms with Crippen molar-refractivity contribution in [3.8, 4) is 6.07 Å². The number of nitro groups is 4. The Bertz CT molecular complexity index is 964. The maximum Gasteiger partial charge on any atom is 0.277 e. The van der Waals surface area contributed by atoms with Gasteiger partial charge in [-0.2, -0.15) is 5.26 Å². The van der Waals surface area contributed by atoms with E-state index in [1.807, 2.05) is 0 Å². The van der Waals surface area contributed by atoms with E-state index in [1.54, 1.807) is 6.07 Å². The lowest BCUT2D eigenvalue weighted by Crippen LogP contribution is -2.11. The van der Waals surface area contributed by atoms with Gasteiger partial charge in [0, 0.05) is 24.3 Å². The van der Waals surface area contributed by atoms with E-state index in [2.05, 4.69) is 0 Å². The molecule has 0 fully saturated rings. The lowest BCUT2D eigenvalue weighted by Gasteiger charge is -1.96. The van der Waals surface area contributed by atoms with E-state index < -0.39 is 48.3 Å². The van der Waals surface area contributed by atoms with Crippen molar-refractivity contribution in [2.75, 3.05) is 0 Å². The highest BCUT2D eigenvalue weighted by Gasteiger charge is 2.18. The van der Waals surface area contributed by atoms with Gasteiger partial charge in [-0.25, -0.2) is 0 Å². The third-order valence-corrected chi connectivity index (χ3v) is 3.06. The zero-order chi connectivity index (χ0) is 22.3. The number of non-ortho nitro benzene ring substituents is 4. The highest BCUT2D eigenvalue weighted by molar-refractivity contribution is 5.94. The molecule has 15 nitrogen and oxygen atoms in total. The van der Waals surface area contributed by atoms with E-state index in [0.29, 0.717) is 0 Å². The molecule has 0 radical (unpaired) electrons. The molecule has 0 unspecified atom stereocenters. The molecule has 0 bridgehead atoms. The average molecular weight is 404 g/mol. The number of nitrogens with zero attached hydrogens (tertiary/aromatic N) is 5. The van der Waals surface area contributed by atoms with Gasteiger partial charge in [0.15, 0.2) is 0 Å². The van der Waals surface area contributed by atoms with E-state index in [-0.39, 0.29) is 11.1 Å². The smallest absolute Gasteiger partial charge is 0.277 e. The maximum absolute atomic E-state index is 10.7. The van der Waals surface area contributed by atoms with E-state index in [4.69, 9.17) is 11.0 Å². The van der Waals surface area contributed by atoms with Gasteiger partial charge in [0.2, 0.25) is 5.91 Å². The zero-order valence-electron chi connectivity index (χ0n) is 14.0. The minimum Gasteiger partial charge on any atom is -0.366 e. The molecule has 0 aliphatic heterocycles. The summed E-state index contributed by atoms with van der Waals surface area (Å²) in [6.45, 7) is 0. The molecule has 2 N–H and O–H groups in total. The molecule has 0 atom stereocenters. The van der Waals surface area contributed by atoms with Crippen molar-refractivity contribution in [1.29, 1.82) is 5.26 Å². The van der Waals surface area contributed by atoms with Gasteiger partial charge < -0.3 is 5.73 Å². The summed E-state index contributed by atoms with van der Waals surface area (Å²) in [5.74, 6) is -0.957. The summed E-state index contributed by atoms with van der Waals surface area (Å²) in [7, 11) is 0. The number of benzene rings is 2. The van der Waals surface area contributed by atoms with E-state index in [9.17, 15) is 45.3 Å². The summed E-state index contributed by atoms with van der Waals surface area (Å²) in [6.07, 6.45) is 0. The molecule has 0 aliphatic rings. The van der Waals surface area contributed by atoms with Crippen LogP contribution in [0.4, 0.5) is 22.7 Å². The third-order valence-electron chi connectivity index (χ3n) is 3.06. The van der Waals surface area contributed by atoms with Crippen LogP contribution in [0, 0.1) is 51.8 Å². The number of hydrogen-bond acceptors (Lipinski definition) is 10. The monoisotopic (exact) mass is 404 g/mol. The van der Waals surface area contributed by atoms with Gasteiger partial charge in [-0.1, -0.05) is 0 Å². The second-order valence-corrected chi connectivity index (χ2v) is 4.98. The molecule has 2 aromatic carbocycles. The van der Waals surface area contributed by atoms with Crippen LogP contribution in [0.2, 0.25) is 0 Å². The fourth-order valence-corrected chi connectivity index (χ4v) is 1.82. The molecule has 1 amide bonds. The topological polar surface area (TPSA) is 239 Å². The fourth-order valence-electron chi connectivity index (χ4n) is 1.82. The summed E-state index contributed by atoms with van der Waals surface area (Å²) in [5.41, 5.74) is 2.48. The summed E-state index contributed by atoms with van der Waals surface area (Å²) in [6, 6.07) is 6.90. The molecule has 15 heteroatoms. The molecule has 0 spiro atoms. The van der Waals surface area contributed by atoms with Gasteiger partial charge in [0.25, 0.3) is 22.7 Å². The molecule has 0 saturated carbocycles. The quantitative estimate of drug-likeness (QED) is 0.560. The van der Waals surface area contributed by atoms with Crippen LogP contribution >= 0.6 is 0 Å². The second kappa shape index (κ2) is 9.09. The molecule has 148 valence electrons. The molecular formula is C14H8N6O9. The van der Waals surface area contributed by atoms with Crippen molar-refractivity contribution in [3.63, 3.8) is 0 Å². The molecular weight excluding hydrogens is 396 g/mol. The van der Waals surface area contributed by atoms with E-state index in [1.165, 1.54) is 0 Å². The van der Waals surface area contributed by atoms with Crippen molar-refractivity contribution < 1.29 is 24.5 Å². The number of amides is 1. The normalized spacial score (nSPS) is 9.34. The van der Waals surface area contributed by atoms with E-state index in [0.717, 1.165) is 36.4 Å². The Morgan fingerprint density at radius 1 is 0.724 bits per heavy atom. The van der Waals surface area contributed by atoms with Crippen molar-refractivity contribution in [2.24, 2.45) is 5.73 Å². The van der Waals surface area contributed by atoms with Gasteiger partial charge >= 0.3 is 0 Å². The van der Waals surface area contributed by atoms with Gasteiger partial charge in [0.1, 0.15) is 0 Å². The van der Waals surface area contributed by atoms with Crippen LogP contribution in [0.5, 0.6) is 0 Å².